The van der Waals surface area contributed by atoms with Crippen molar-refractivity contribution in [1.82, 2.24) is 15.0 Å². The Kier molecular flexibility index (Phi) is 9.07. The second-order valence-electron chi connectivity index (χ2n) is 13.0. The normalized spacial score (nSPS) is 16.8. The predicted molar refractivity (Wildman–Crippen MR) is 177 cm³/mol. The Morgan fingerprint density at radius 2 is 1.91 bits per heavy atom. The van der Waals surface area contributed by atoms with Gasteiger partial charge in [0.05, 0.1) is 29.9 Å². The minimum atomic E-state index is -2.28. The van der Waals surface area contributed by atoms with E-state index in [4.69, 9.17) is 19.1 Å². The maximum absolute atomic E-state index is 12.9. The monoisotopic (exact) mass is 632 g/mol. The van der Waals surface area contributed by atoms with E-state index in [0.29, 0.717) is 23.6 Å². The predicted octanol–water partition coefficient (Wildman–Crippen LogP) is 8.55. The van der Waals surface area contributed by atoms with Crippen molar-refractivity contribution in [2.24, 2.45) is 0 Å². The highest BCUT2D eigenvalue weighted by Crippen LogP contribution is 2.51. The van der Waals surface area contributed by atoms with Gasteiger partial charge in [-0.25, -0.2) is 19.7 Å². The van der Waals surface area contributed by atoms with E-state index < -0.39 is 20.6 Å². The quantitative estimate of drug-likeness (QED) is 0.146. The number of halogens is 1. The maximum atomic E-state index is 12.9. The van der Waals surface area contributed by atoms with Crippen molar-refractivity contribution < 1.29 is 18.3 Å². The number of methoxy groups -OCH3 is 1. The van der Waals surface area contributed by atoms with Crippen molar-refractivity contribution >= 4 is 37.3 Å². The first kappa shape index (κ1) is 31.9. The first-order valence-electron chi connectivity index (χ1n) is 15.0. The molecule has 0 amide bonds. The number of hydrogen-bond acceptors (Lipinski definition) is 8. The van der Waals surface area contributed by atoms with Crippen LogP contribution in [0.3, 0.4) is 0 Å². The summed E-state index contributed by atoms with van der Waals surface area (Å²) in [7, 11) is -0.874. The Morgan fingerprint density at radius 3 is 2.64 bits per heavy atom. The molecule has 1 unspecified atom stereocenters. The van der Waals surface area contributed by atoms with Crippen LogP contribution in [0.25, 0.3) is 10.6 Å². The Bertz CT molecular complexity index is 1670. The van der Waals surface area contributed by atoms with Gasteiger partial charge in [-0.2, -0.15) is 0 Å². The highest BCUT2D eigenvalue weighted by molar-refractivity contribution is 7.15. The molecule has 232 valence electrons. The van der Waals surface area contributed by atoms with E-state index in [1.807, 2.05) is 55.6 Å². The molecule has 1 N–H and O–H groups in total. The van der Waals surface area contributed by atoms with Gasteiger partial charge in [0.15, 0.2) is 8.32 Å². The van der Waals surface area contributed by atoms with Crippen molar-refractivity contribution in [3.8, 4) is 10.6 Å². The van der Waals surface area contributed by atoms with E-state index in [1.54, 1.807) is 17.5 Å². The molecule has 3 aromatic heterocycles. The molecular formula is C34H41FN4O3SSi. The van der Waals surface area contributed by atoms with Crippen LogP contribution < -0.4 is 5.32 Å². The summed E-state index contributed by atoms with van der Waals surface area (Å²) in [5.41, 5.74) is 4.69. The van der Waals surface area contributed by atoms with Gasteiger partial charge in [0, 0.05) is 18.8 Å². The van der Waals surface area contributed by atoms with Crippen molar-refractivity contribution in [3.63, 3.8) is 0 Å². The van der Waals surface area contributed by atoms with E-state index >= 15 is 0 Å². The van der Waals surface area contributed by atoms with E-state index in [-0.39, 0.29) is 11.0 Å². The van der Waals surface area contributed by atoms with Gasteiger partial charge in [-0.3, -0.25) is 4.39 Å². The van der Waals surface area contributed by atoms with Gasteiger partial charge in [-0.1, -0.05) is 26.8 Å². The molecule has 1 aliphatic carbocycles. The number of anilines is 2. The second kappa shape index (κ2) is 12.5. The summed E-state index contributed by atoms with van der Waals surface area (Å²) >= 11 is 1.60. The molecular weight excluding hydrogens is 592 g/mol. The first-order chi connectivity index (χ1) is 20.8. The molecule has 0 fully saturated rings. The Balaban J connectivity index is 1.56. The van der Waals surface area contributed by atoms with Crippen LogP contribution in [0.5, 0.6) is 0 Å². The summed E-state index contributed by atoms with van der Waals surface area (Å²) in [5.74, 6) is 0.937. The molecule has 0 spiro atoms. The Morgan fingerprint density at radius 1 is 1.11 bits per heavy atom. The van der Waals surface area contributed by atoms with Gasteiger partial charge in [0.1, 0.15) is 22.2 Å². The lowest BCUT2D eigenvalue weighted by molar-refractivity contribution is 0.0597. The summed E-state index contributed by atoms with van der Waals surface area (Å²) in [6.07, 6.45) is 6.48. The molecule has 0 radical (unpaired) electrons. The molecule has 0 aliphatic heterocycles. The molecule has 0 bridgehead atoms. The van der Waals surface area contributed by atoms with Gasteiger partial charge < -0.3 is 14.5 Å². The zero-order valence-corrected chi connectivity index (χ0v) is 28.4. The number of carbonyl (C=O) groups is 1. The van der Waals surface area contributed by atoms with Gasteiger partial charge in [0.2, 0.25) is 0 Å². The van der Waals surface area contributed by atoms with Crippen LogP contribution in [-0.4, -0.2) is 43.0 Å². The van der Waals surface area contributed by atoms with Crippen molar-refractivity contribution in [3.05, 3.63) is 87.7 Å². The number of carbonyl (C=O) groups excluding carboxylic acids is 1. The van der Waals surface area contributed by atoms with Gasteiger partial charge >= 0.3 is 5.97 Å². The van der Waals surface area contributed by atoms with Crippen LogP contribution in [-0.2, 0) is 27.6 Å². The molecule has 0 saturated carbocycles. The third-order valence-corrected chi connectivity index (χ3v) is 14.3. The molecule has 7 nitrogen and oxygen atoms in total. The smallest absolute Gasteiger partial charge is 0.337 e. The standard InChI is InChI=1S/C34H41FN4O3SSi/c1-22-17-27(38-30(18-22)39-29-19-23(12-15-35)13-16-36-29)28-21-37-32(43-28)34(42-44(6,7)33(2,3)4)14-8-9-24-20-25(31(40)41-5)10-11-26(24)34/h10-11,13,16-21H,8-9,12,14-15H2,1-7H3,(H,36,38,39). The Labute approximate surface area is 264 Å². The van der Waals surface area contributed by atoms with Crippen LogP contribution >= 0.6 is 11.3 Å². The first-order valence-corrected chi connectivity index (χ1v) is 18.7. The molecule has 44 heavy (non-hydrogen) atoms. The van der Waals surface area contributed by atoms with E-state index in [9.17, 15) is 9.18 Å². The Hall–Kier alpha value is -3.47. The highest BCUT2D eigenvalue weighted by Gasteiger charge is 2.50. The van der Waals surface area contributed by atoms with Crippen LogP contribution in [0, 0.1) is 6.92 Å². The highest BCUT2D eigenvalue weighted by atomic mass is 32.1. The fraction of sp³-hybridized carbons (Fsp3) is 0.412. The average Bonchev–Trinajstić information content (AvgIpc) is 3.47. The second-order valence-corrected chi connectivity index (χ2v) is 18.7. The lowest BCUT2D eigenvalue weighted by Crippen LogP contribution is -2.50. The van der Waals surface area contributed by atoms with Crippen LogP contribution in [0.2, 0.25) is 18.1 Å². The lowest BCUT2D eigenvalue weighted by Gasteiger charge is -2.47. The molecule has 1 aromatic carbocycles. The number of nitrogens with zero attached hydrogens (tertiary/aromatic N) is 3. The number of benzene rings is 1. The van der Waals surface area contributed by atoms with Crippen molar-refractivity contribution in [2.45, 2.75) is 77.1 Å². The number of hydrogen-bond donors (Lipinski definition) is 1. The van der Waals surface area contributed by atoms with Crippen LogP contribution in [0.4, 0.5) is 16.0 Å². The van der Waals surface area contributed by atoms with Gasteiger partial charge in [-0.15, -0.1) is 11.3 Å². The molecule has 1 atom stereocenters. The molecule has 5 rings (SSSR count). The number of alkyl halides is 1. The summed E-state index contributed by atoms with van der Waals surface area (Å²) in [6.45, 7) is 12.9. The summed E-state index contributed by atoms with van der Waals surface area (Å²) in [4.78, 5) is 27.6. The van der Waals surface area contributed by atoms with E-state index in [2.05, 4.69) is 44.2 Å². The van der Waals surface area contributed by atoms with Gasteiger partial charge in [-0.05, 0) is 103 Å². The molecule has 0 saturated heterocycles. The number of fused-ring (bicyclic) bond motifs is 1. The number of nitrogens with one attached hydrogen (secondary N) is 1. The SMILES string of the molecule is COC(=O)c1ccc2c(c1)CCCC2(O[Si](C)(C)C(C)(C)C)c1ncc(-c2cc(C)cc(Nc3cc(CCF)ccn3)n2)s1. The maximum Gasteiger partial charge on any atom is 0.337 e. The molecule has 4 aromatic rings. The van der Waals surface area contributed by atoms with Crippen LogP contribution in [0.1, 0.15) is 71.2 Å². The molecule has 10 heteroatoms. The number of ether oxygens (including phenoxy) is 1. The molecule has 3 heterocycles. The van der Waals surface area contributed by atoms with Crippen molar-refractivity contribution in [1.29, 1.82) is 0 Å². The summed E-state index contributed by atoms with van der Waals surface area (Å²) in [6, 6.07) is 13.5. The minimum absolute atomic E-state index is 0.0160. The zero-order valence-electron chi connectivity index (χ0n) is 26.6. The molecule has 1 aliphatic rings. The minimum Gasteiger partial charge on any atom is -0.465 e. The zero-order chi connectivity index (χ0) is 31.7. The third kappa shape index (κ3) is 6.48. The van der Waals surface area contributed by atoms with E-state index in [1.165, 1.54) is 7.11 Å². The third-order valence-electron chi connectivity index (χ3n) is 8.71. The summed E-state index contributed by atoms with van der Waals surface area (Å²) in [5, 5.41) is 4.17. The lowest BCUT2D eigenvalue weighted by atomic mass is 9.79. The van der Waals surface area contributed by atoms with Crippen LogP contribution in [0.15, 0.2) is 54.9 Å². The number of aromatic nitrogens is 3. The topological polar surface area (TPSA) is 86.2 Å². The number of thiazole rings is 1. The number of pyridine rings is 2. The number of rotatable bonds is 9. The largest absolute Gasteiger partial charge is 0.465 e. The van der Waals surface area contributed by atoms with Crippen molar-refractivity contribution in [2.75, 3.05) is 19.1 Å². The van der Waals surface area contributed by atoms with Gasteiger partial charge in [0.25, 0.3) is 0 Å². The number of esters is 1. The fourth-order valence-electron chi connectivity index (χ4n) is 5.44. The van der Waals surface area contributed by atoms with E-state index in [0.717, 1.165) is 57.1 Å². The average molecular weight is 633 g/mol. The fourth-order valence-corrected chi connectivity index (χ4v) is 8.04. The number of aryl methyl sites for hydroxylation is 3. The summed E-state index contributed by atoms with van der Waals surface area (Å²) < 4.78 is 25.3.